The van der Waals surface area contributed by atoms with Gasteiger partial charge in [-0.3, -0.25) is 0 Å². The Balaban J connectivity index is 0.000000150. The van der Waals surface area contributed by atoms with Crippen molar-refractivity contribution in [3.05, 3.63) is 82.6 Å². The van der Waals surface area contributed by atoms with Crippen molar-refractivity contribution in [2.75, 3.05) is 84.5 Å². The summed E-state index contributed by atoms with van der Waals surface area (Å²) >= 11 is 3.13. The fraction of sp³-hybridized carbons (Fsp3) is 0.368. The van der Waals surface area contributed by atoms with Crippen LogP contribution in [0.15, 0.2) is 81.2 Å². The molecule has 8 heterocycles. The van der Waals surface area contributed by atoms with Crippen molar-refractivity contribution in [1.82, 2.24) is 19.9 Å². The molecular formula is C38H42N10O6S4. The van der Waals surface area contributed by atoms with Gasteiger partial charge in [0.1, 0.15) is 11.6 Å². The van der Waals surface area contributed by atoms with Crippen molar-refractivity contribution in [2.45, 2.75) is 34.0 Å². The van der Waals surface area contributed by atoms with Crippen LogP contribution in [0.1, 0.15) is 11.1 Å². The number of fused-ring (bicyclic) bond motifs is 4. The summed E-state index contributed by atoms with van der Waals surface area (Å²) in [7, 11) is -6.66. The molecule has 0 amide bonds. The molecule has 0 spiro atoms. The lowest BCUT2D eigenvalue weighted by Crippen LogP contribution is -2.61. The van der Waals surface area contributed by atoms with Gasteiger partial charge in [-0.2, -0.15) is 9.97 Å². The molecule has 10 rings (SSSR count). The Kier molecular flexibility index (Phi) is 10.2. The van der Waals surface area contributed by atoms with Crippen LogP contribution in [0.2, 0.25) is 0 Å². The summed E-state index contributed by atoms with van der Waals surface area (Å²) in [6.07, 6.45) is 0. The number of sulfone groups is 2. The smallest absolute Gasteiger partial charge is 0.228 e. The van der Waals surface area contributed by atoms with E-state index < -0.39 is 19.7 Å². The van der Waals surface area contributed by atoms with Crippen LogP contribution in [-0.2, 0) is 42.2 Å². The summed E-state index contributed by atoms with van der Waals surface area (Å²) in [6, 6.07) is 18.2. The van der Waals surface area contributed by atoms with E-state index in [9.17, 15) is 16.8 Å². The van der Waals surface area contributed by atoms with Gasteiger partial charge in [-0.05, 0) is 46.2 Å². The zero-order valence-corrected chi connectivity index (χ0v) is 34.6. The summed E-state index contributed by atoms with van der Waals surface area (Å²) in [5.74, 6) is 2.52. The van der Waals surface area contributed by atoms with Gasteiger partial charge in [0.15, 0.2) is 19.7 Å². The summed E-state index contributed by atoms with van der Waals surface area (Å²) in [5, 5.41) is 10.8. The van der Waals surface area contributed by atoms with Gasteiger partial charge in [-0.25, -0.2) is 26.8 Å². The molecule has 0 radical (unpaired) electrons. The third-order valence-electron chi connectivity index (χ3n) is 10.7. The number of nitrogens with zero attached hydrogens (tertiary/aromatic N) is 6. The highest BCUT2D eigenvalue weighted by molar-refractivity contribution is 7.91. The van der Waals surface area contributed by atoms with E-state index in [-0.39, 0.29) is 22.6 Å². The van der Waals surface area contributed by atoms with E-state index in [0.29, 0.717) is 93.2 Å². The average molecular weight is 863 g/mol. The van der Waals surface area contributed by atoms with Crippen molar-refractivity contribution in [3.8, 4) is 0 Å². The standard InChI is InChI=1S/2C19H21N5O3S2/c20-19(11-27-12-19)10-21-17-16-14(5-7-28-16)22-18(23-17)24-6-8-29(25,26)15-4-2-1-3-13(15)9-24;20-10-19(11-27-12-19)23-17-16-14(5-7-28-16)21-18(22-17)24-6-8-29(25,26)15-4-2-1-3-13(15)9-24/h2*1-5,7H,6,8-12,20H2,(H,21,22,23). The van der Waals surface area contributed by atoms with E-state index in [0.717, 1.165) is 37.4 Å². The molecule has 0 unspecified atom stereocenters. The summed E-state index contributed by atoms with van der Waals surface area (Å²) < 4.78 is 63.2. The van der Waals surface area contributed by atoms with Gasteiger partial charge in [0.25, 0.3) is 0 Å². The number of aromatic nitrogens is 4. The van der Waals surface area contributed by atoms with Gasteiger partial charge in [0.05, 0.1) is 79.2 Å². The zero-order chi connectivity index (χ0) is 40.1. The van der Waals surface area contributed by atoms with E-state index in [1.165, 1.54) is 0 Å². The molecule has 20 heteroatoms. The Bertz CT molecular complexity index is 2710. The first-order valence-electron chi connectivity index (χ1n) is 18.7. The minimum absolute atomic E-state index is 0.0262. The Hall–Kier alpha value is -4.54. The number of hydrogen-bond donors (Lipinski definition) is 4. The third-order valence-corrected chi connectivity index (χ3v) is 16.1. The molecule has 0 saturated carbocycles. The molecule has 2 aromatic carbocycles. The highest BCUT2D eigenvalue weighted by atomic mass is 32.2. The van der Waals surface area contributed by atoms with Crippen molar-refractivity contribution < 1.29 is 26.3 Å². The van der Waals surface area contributed by atoms with E-state index >= 15 is 0 Å². The number of nitrogens with two attached hydrogens (primary N) is 2. The van der Waals surface area contributed by atoms with E-state index in [4.69, 9.17) is 40.9 Å². The van der Waals surface area contributed by atoms with Crippen LogP contribution in [0, 0.1) is 0 Å². The molecule has 16 nitrogen and oxygen atoms in total. The maximum Gasteiger partial charge on any atom is 0.228 e. The van der Waals surface area contributed by atoms with E-state index in [1.54, 1.807) is 46.9 Å². The normalized spacial score (nSPS) is 20.0. The van der Waals surface area contributed by atoms with Crippen LogP contribution in [0.5, 0.6) is 0 Å². The molecule has 4 aliphatic heterocycles. The van der Waals surface area contributed by atoms with Crippen LogP contribution in [-0.4, -0.2) is 112 Å². The Morgan fingerprint density at radius 3 is 1.67 bits per heavy atom. The molecule has 0 aliphatic carbocycles. The molecule has 6 N–H and O–H groups in total. The predicted octanol–water partition coefficient (Wildman–Crippen LogP) is 3.25. The second-order valence-electron chi connectivity index (χ2n) is 15.0. The SMILES string of the molecule is NC1(CNc2nc(N3CCS(=O)(=O)c4ccccc4C3)nc3ccsc23)COC1.NCC1(Nc2nc(N3CCS(=O)(=O)c4ccccc4C3)nc3ccsc23)COC1. The number of thiophene rings is 2. The molecule has 2 saturated heterocycles. The number of anilines is 4. The maximum atomic E-state index is 12.7. The molecule has 4 aliphatic rings. The number of nitrogens with one attached hydrogen (secondary N) is 2. The number of ether oxygens (including phenoxy) is 2. The highest BCUT2D eigenvalue weighted by Gasteiger charge is 2.39. The Morgan fingerprint density at radius 1 is 0.690 bits per heavy atom. The first kappa shape index (κ1) is 38.9. The molecule has 58 heavy (non-hydrogen) atoms. The number of rotatable bonds is 8. The first-order valence-corrected chi connectivity index (χ1v) is 23.8. The third kappa shape index (κ3) is 7.58. The van der Waals surface area contributed by atoms with Crippen molar-refractivity contribution in [3.63, 3.8) is 0 Å². The van der Waals surface area contributed by atoms with Crippen LogP contribution in [0.4, 0.5) is 23.5 Å². The molecule has 6 aromatic rings. The van der Waals surface area contributed by atoms with Crippen molar-refractivity contribution in [1.29, 1.82) is 0 Å². The van der Waals surface area contributed by atoms with Gasteiger partial charge < -0.3 is 41.4 Å². The fourth-order valence-electron chi connectivity index (χ4n) is 7.22. The number of hydrogen-bond acceptors (Lipinski definition) is 18. The van der Waals surface area contributed by atoms with E-state index in [1.807, 2.05) is 57.0 Å². The summed E-state index contributed by atoms with van der Waals surface area (Å²) in [5.41, 5.74) is 14.7. The van der Waals surface area contributed by atoms with Crippen molar-refractivity contribution in [2.24, 2.45) is 11.5 Å². The number of benzene rings is 2. The predicted molar refractivity (Wildman–Crippen MR) is 226 cm³/mol. The van der Waals surface area contributed by atoms with Gasteiger partial charge >= 0.3 is 0 Å². The lowest BCUT2D eigenvalue weighted by atomic mass is 9.98. The molecule has 304 valence electrons. The monoisotopic (exact) mass is 862 g/mol. The van der Waals surface area contributed by atoms with Gasteiger partial charge in [0, 0.05) is 39.3 Å². The summed E-state index contributed by atoms with van der Waals surface area (Å²) in [4.78, 5) is 23.6. The quantitative estimate of drug-likeness (QED) is 0.173. The van der Waals surface area contributed by atoms with Crippen LogP contribution < -0.4 is 31.9 Å². The minimum atomic E-state index is -3.33. The second kappa shape index (κ2) is 15.2. The van der Waals surface area contributed by atoms with Crippen molar-refractivity contribution >= 4 is 86.3 Å². The summed E-state index contributed by atoms with van der Waals surface area (Å²) in [6.45, 7) is 4.64. The fourth-order valence-corrected chi connectivity index (χ4v) is 11.8. The topological polar surface area (TPSA) is 221 Å². The molecule has 4 aromatic heterocycles. The van der Waals surface area contributed by atoms with E-state index in [2.05, 4.69) is 10.6 Å². The second-order valence-corrected chi connectivity index (χ2v) is 21.0. The molecule has 0 atom stereocenters. The van der Waals surface area contributed by atoms with Crippen LogP contribution >= 0.6 is 22.7 Å². The maximum absolute atomic E-state index is 12.7. The lowest BCUT2D eigenvalue weighted by Gasteiger charge is -2.41. The largest absolute Gasteiger partial charge is 0.377 e. The lowest BCUT2D eigenvalue weighted by molar-refractivity contribution is -0.0461. The zero-order valence-electron chi connectivity index (χ0n) is 31.3. The molecular weight excluding hydrogens is 821 g/mol. The Labute approximate surface area is 343 Å². The Morgan fingerprint density at radius 2 is 1.19 bits per heavy atom. The molecule has 2 fully saturated rings. The van der Waals surface area contributed by atoms with Gasteiger partial charge in [0.2, 0.25) is 11.9 Å². The van der Waals surface area contributed by atoms with Gasteiger partial charge in [-0.1, -0.05) is 36.4 Å². The van der Waals surface area contributed by atoms with Gasteiger partial charge in [-0.15, -0.1) is 22.7 Å². The van der Waals surface area contributed by atoms with Crippen LogP contribution in [0.25, 0.3) is 20.4 Å². The molecule has 0 bridgehead atoms. The minimum Gasteiger partial charge on any atom is -0.377 e. The van der Waals surface area contributed by atoms with Crippen LogP contribution in [0.3, 0.4) is 0 Å². The first-order chi connectivity index (χ1) is 27.9. The highest BCUT2D eigenvalue weighted by Crippen LogP contribution is 2.34. The average Bonchev–Trinajstić information content (AvgIpc) is 3.83.